The van der Waals surface area contributed by atoms with Crippen LogP contribution in [0, 0.1) is 11.6 Å². The van der Waals surface area contributed by atoms with Crippen molar-refractivity contribution in [3.05, 3.63) is 33.8 Å². The highest BCUT2D eigenvalue weighted by atomic mass is 79.9. The summed E-state index contributed by atoms with van der Waals surface area (Å²) < 4.78 is 24.9. The standard InChI is InChI=1S/C7H3BrF2O2/c8-6-4(9)1-3(7(11)12)2-5(6)10/h1-2H,(H,11,12). The molecule has 5 heteroatoms. The number of aromatic carboxylic acids is 1. The van der Waals surface area contributed by atoms with E-state index in [1.165, 1.54) is 0 Å². The van der Waals surface area contributed by atoms with Crippen molar-refractivity contribution in [2.75, 3.05) is 0 Å². The first-order valence-corrected chi connectivity index (χ1v) is 3.69. The fraction of sp³-hybridized carbons (Fsp3) is 0. The molecule has 0 spiro atoms. The normalized spacial score (nSPS) is 9.92. The number of carboxylic acid groups (broad SMARTS) is 1. The maximum atomic E-state index is 12.7. The lowest BCUT2D eigenvalue weighted by atomic mass is 10.2. The average molecular weight is 237 g/mol. The van der Waals surface area contributed by atoms with Gasteiger partial charge in [-0.3, -0.25) is 0 Å². The molecule has 1 aromatic rings. The summed E-state index contributed by atoms with van der Waals surface area (Å²) in [4.78, 5) is 10.3. The van der Waals surface area contributed by atoms with Crippen LogP contribution in [0.3, 0.4) is 0 Å². The number of rotatable bonds is 1. The fourth-order valence-corrected chi connectivity index (χ4v) is 0.908. The van der Waals surface area contributed by atoms with E-state index in [2.05, 4.69) is 15.9 Å². The molecule has 0 radical (unpaired) electrons. The predicted octanol–water partition coefficient (Wildman–Crippen LogP) is 2.43. The lowest BCUT2D eigenvalue weighted by Crippen LogP contribution is -1.98. The molecule has 0 saturated carbocycles. The molecule has 0 aliphatic carbocycles. The Morgan fingerprint density at radius 3 is 2.08 bits per heavy atom. The van der Waals surface area contributed by atoms with E-state index in [0.717, 1.165) is 12.1 Å². The zero-order valence-corrected chi connectivity index (χ0v) is 7.23. The van der Waals surface area contributed by atoms with Gasteiger partial charge in [-0.15, -0.1) is 0 Å². The van der Waals surface area contributed by atoms with Gasteiger partial charge in [0.25, 0.3) is 0 Å². The van der Waals surface area contributed by atoms with Crippen LogP contribution in [0.4, 0.5) is 8.78 Å². The van der Waals surface area contributed by atoms with E-state index >= 15 is 0 Å². The highest BCUT2D eigenvalue weighted by Gasteiger charge is 2.11. The predicted molar refractivity (Wildman–Crippen MR) is 41.0 cm³/mol. The summed E-state index contributed by atoms with van der Waals surface area (Å²) >= 11 is 2.62. The van der Waals surface area contributed by atoms with Gasteiger partial charge < -0.3 is 5.11 Å². The maximum Gasteiger partial charge on any atom is 0.335 e. The van der Waals surface area contributed by atoms with Gasteiger partial charge in [-0.2, -0.15) is 0 Å². The summed E-state index contributed by atoms with van der Waals surface area (Å²) in [7, 11) is 0. The SMILES string of the molecule is O=C(O)c1cc(F)c(Br)c(F)c1. The summed E-state index contributed by atoms with van der Waals surface area (Å²) in [6, 6.07) is 1.49. The van der Waals surface area contributed by atoms with Gasteiger partial charge >= 0.3 is 5.97 Å². The average Bonchev–Trinajstić information content (AvgIpc) is 1.99. The molecule has 0 amide bonds. The Morgan fingerprint density at radius 2 is 1.75 bits per heavy atom. The lowest BCUT2D eigenvalue weighted by molar-refractivity contribution is 0.0695. The monoisotopic (exact) mass is 236 g/mol. The molecule has 0 aliphatic rings. The Morgan fingerprint density at radius 1 is 1.33 bits per heavy atom. The number of hydrogen-bond donors (Lipinski definition) is 1. The number of halogens is 3. The Kier molecular flexibility index (Phi) is 2.42. The van der Waals surface area contributed by atoms with E-state index < -0.39 is 23.2 Å². The second-order valence-electron chi connectivity index (χ2n) is 2.06. The zero-order chi connectivity index (χ0) is 9.30. The molecule has 1 aromatic carbocycles. The summed E-state index contributed by atoms with van der Waals surface area (Å²) in [5.41, 5.74) is -0.409. The highest BCUT2D eigenvalue weighted by Crippen LogP contribution is 2.20. The summed E-state index contributed by atoms with van der Waals surface area (Å²) in [5, 5.41) is 8.38. The smallest absolute Gasteiger partial charge is 0.335 e. The van der Waals surface area contributed by atoms with Crippen molar-refractivity contribution >= 4 is 21.9 Å². The molecule has 2 nitrogen and oxygen atoms in total. The molecule has 0 fully saturated rings. The molecule has 1 rings (SSSR count). The summed E-state index contributed by atoms with van der Waals surface area (Å²) in [5.74, 6) is -3.21. The Hall–Kier alpha value is -0.970. The number of hydrogen-bond acceptors (Lipinski definition) is 1. The Labute approximate surface area is 75.0 Å². The van der Waals surface area contributed by atoms with Crippen molar-refractivity contribution in [2.24, 2.45) is 0 Å². The number of carboxylic acids is 1. The first kappa shape index (κ1) is 9.12. The fourth-order valence-electron chi connectivity index (χ4n) is 0.679. The second-order valence-corrected chi connectivity index (χ2v) is 2.85. The molecule has 0 aromatic heterocycles. The molecule has 0 unspecified atom stereocenters. The van der Waals surface area contributed by atoms with Gasteiger partial charge in [0, 0.05) is 0 Å². The van der Waals surface area contributed by atoms with Gasteiger partial charge in [0.1, 0.15) is 11.6 Å². The van der Waals surface area contributed by atoms with E-state index in [1.54, 1.807) is 0 Å². The van der Waals surface area contributed by atoms with Crippen LogP contribution < -0.4 is 0 Å². The quantitative estimate of drug-likeness (QED) is 0.761. The van der Waals surface area contributed by atoms with Crippen molar-refractivity contribution in [1.29, 1.82) is 0 Å². The minimum absolute atomic E-state index is 0.354. The van der Waals surface area contributed by atoms with Gasteiger partial charge in [-0.25, -0.2) is 13.6 Å². The van der Waals surface area contributed by atoms with Crippen LogP contribution in [0.25, 0.3) is 0 Å². The van der Waals surface area contributed by atoms with E-state index in [9.17, 15) is 13.6 Å². The van der Waals surface area contributed by atoms with Crippen LogP contribution in [-0.4, -0.2) is 11.1 Å². The summed E-state index contributed by atoms with van der Waals surface area (Å²) in [6.07, 6.45) is 0. The van der Waals surface area contributed by atoms with Crippen molar-refractivity contribution in [2.45, 2.75) is 0 Å². The van der Waals surface area contributed by atoms with Crippen molar-refractivity contribution in [3.63, 3.8) is 0 Å². The van der Waals surface area contributed by atoms with E-state index in [0.29, 0.717) is 0 Å². The van der Waals surface area contributed by atoms with Crippen molar-refractivity contribution < 1.29 is 18.7 Å². The van der Waals surface area contributed by atoms with Crippen LogP contribution in [0.15, 0.2) is 16.6 Å². The van der Waals surface area contributed by atoms with Crippen LogP contribution in [0.1, 0.15) is 10.4 Å². The molecular formula is C7H3BrF2O2. The van der Waals surface area contributed by atoms with Gasteiger partial charge in [-0.05, 0) is 28.1 Å². The highest BCUT2D eigenvalue weighted by molar-refractivity contribution is 9.10. The number of benzene rings is 1. The maximum absolute atomic E-state index is 12.7. The van der Waals surface area contributed by atoms with Crippen molar-refractivity contribution in [3.8, 4) is 0 Å². The third kappa shape index (κ3) is 1.61. The van der Waals surface area contributed by atoms with Crippen LogP contribution in [0.2, 0.25) is 0 Å². The minimum Gasteiger partial charge on any atom is -0.478 e. The molecule has 0 atom stereocenters. The van der Waals surface area contributed by atoms with Crippen LogP contribution in [0.5, 0.6) is 0 Å². The van der Waals surface area contributed by atoms with Gasteiger partial charge in [0.15, 0.2) is 0 Å². The van der Waals surface area contributed by atoms with Crippen LogP contribution >= 0.6 is 15.9 Å². The molecule has 0 aliphatic heterocycles. The second kappa shape index (κ2) is 3.18. The third-order valence-corrected chi connectivity index (χ3v) is 1.99. The van der Waals surface area contributed by atoms with E-state index in [-0.39, 0.29) is 4.47 Å². The molecule has 0 heterocycles. The first-order chi connectivity index (χ1) is 5.52. The Bertz CT molecular complexity index is 315. The van der Waals surface area contributed by atoms with Gasteiger partial charge in [0.05, 0.1) is 10.0 Å². The molecule has 0 bridgehead atoms. The molecular weight excluding hydrogens is 234 g/mol. The lowest BCUT2D eigenvalue weighted by Gasteiger charge is -1.98. The zero-order valence-electron chi connectivity index (χ0n) is 5.64. The minimum atomic E-state index is -1.36. The first-order valence-electron chi connectivity index (χ1n) is 2.90. The van der Waals surface area contributed by atoms with E-state index in [1.807, 2.05) is 0 Å². The largest absolute Gasteiger partial charge is 0.478 e. The topological polar surface area (TPSA) is 37.3 Å². The van der Waals surface area contributed by atoms with Crippen molar-refractivity contribution in [1.82, 2.24) is 0 Å². The molecule has 12 heavy (non-hydrogen) atoms. The van der Waals surface area contributed by atoms with E-state index in [4.69, 9.17) is 5.11 Å². The molecule has 0 saturated heterocycles. The molecule has 1 N–H and O–H groups in total. The van der Waals surface area contributed by atoms with Gasteiger partial charge in [-0.1, -0.05) is 0 Å². The van der Waals surface area contributed by atoms with Crippen LogP contribution in [-0.2, 0) is 0 Å². The summed E-state index contributed by atoms with van der Waals surface area (Å²) in [6.45, 7) is 0. The third-order valence-electron chi connectivity index (χ3n) is 1.23. The van der Waals surface area contributed by atoms with Gasteiger partial charge in [0.2, 0.25) is 0 Å². The number of carbonyl (C=O) groups is 1. The Balaban J connectivity index is 3.31. The molecule has 64 valence electrons.